The molecule has 3 rings (SSSR count). The summed E-state index contributed by atoms with van der Waals surface area (Å²) in [6.07, 6.45) is 0. The standard InChI is InChI=1S/C17H22N2O2S2/c1-14-12-17(15(2)22-14)23(20,21)19-10-8-18(9-11-19)13-16-6-4-3-5-7-16/h3-7,12H,8-11,13H2,1-2H3/p+1. The van der Waals surface area contributed by atoms with E-state index in [1.165, 1.54) is 10.5 Å². The number of sulfonamides is 1. The van der Waals surface area contributed by atoms with Gasteiger partial charge in [-0.25, -0.2) is 8.42 Å². The molecule has 0 atom stereocenters. The number of benzene rings is 1. The van der Waals surface area contributed by atoms with Crippen molar-refractivity contribution in [1.82, 2.24) is 4.31 Å². The Bertz CT molecular complexity index is 761. The van der Waals surface area contributed by atoms with Crippen LogP contribution in [0.1, 0.15) is 15.3 Å². The molecule has 0 bridgehead atoms. The number of nitrogens with one attached hydrogen (secondary N) is 1. The minimum atomic E-state index is -3.34. The topological polar surface area (TPSA) is 41.8 Å². The Kier molecular flexibility index (Phi) is 4.87. The molecule has 0 saturated carbocycles. The van der Waals surface area contributed by atoms with Crippen LogP contribution in [-0.4, -0.2) is 38.9 Å². The van der Waals surface area contributed by atoms with E-state index >= 15 is 0 Å². The van der Waals surface area contributed by atoms with Crippen LogP contribution in [-0.2, 0) is 16.6 Å². The van der Waals surface area contributed by atoms with Crippen molar-refractivity contribution >= 4 is 21.4 Å². The van der Waals surface area contributed by atoms with Crippen molar-refractivity contribution in [3.63, 3.8) is 0 Å². The molecule has 23 heavy (non-hydrogen) atoms. The van der Waals surface area contributed by atoms with E-state index in [2.05, 4.69) is 24.3 Å². The lowest BCUT2D eigenvalue weighted by molar-refractivity contribution is -0.917. The van der Waals surface area contributed by atoms with Crippen molar-refractivity contribution in [1.29, 1.82) is 0 Å². The van der Waals surface area contributed by atoms with Gasteiger partial charge in [0.1, 0.15) is 6.54 Å². The first kappa shape index (κ1) is 16.6. The number of aryl methyl sites for hydroxylation is 2. The van der Waals surface area contributed by atoms with Crippen molar-refractivity contribution < 1.29 is 13.3 Å². The fraction of sp³-hybridized carbons (Fsp3) is 0.412. The first-order chi connectivity index (χ1) is 11.0. The maximum Gasteiger partial charge on any atom is 0.244 e. The maximum atomic E-state index is 12.8. The summed E-state index contributed by atoms with van der Waals surface area (Å²) >= 11 is 1.55. The summed E-state index contributed by atoms with van der Waals surface area (Å²) < 4.78 is 27.3. The number of piperazine rings is 1. The first-order valence-corrected chi connectivity index (χ1v) is 10.2. The van der Waals surface area contributed by atoms with E-state index in [-0.39, 0.29) is 0 Å². The molecule has 1 aliphatic rings. The van der Waals surface area contributed by atoms with Crippen molar-refractivity contribution in [2.24, 2.45) is 0 Å². The van der Waals surface area contributed by atoms with Crippen molar-refractivity contribution in [3.8, 4) is 0 Å². The highest BCUT2D eigenvalue weighted by atomic mass is 32.2. The molecule has 1 fully saturated rings. The van der Waals surface area contributed by atoms with E-state index in [4.69, 9.17) is 0 Å². The lowest BCUT2D eigenvalue weighted by Gasteiger charge is -2.31. The lowest BCUT2D eigenvalue weighted by atomic mass is 10.2. The normalized spacial score (nSPS) is 17.5. The summed E-state index contributed by atoms with van der Waals surface area (Å²) in [5.74, 6) is 0. The molecular formula is C17H23N2O2S2+. The molecule has 6 heteroatoms. The molecule has 0 spiro atoms. The molecular weight excluding hydrogens is 328 g/mol. The molecule has 1 aliphatic heterocycles. The Morgan fingerprint density at radius 1 is 1.13 bits per heavy atom. The predicted octanol–water partition coefficient (Wildman–Crippen LogP) is 1.45. The van der Waals surface area contributed by atoms with E-state index in [1.54, 1.807) is 21.7 Å². The van der Waals surface area contributed by atoms with Gasteiger partial charge in [-0.1, -0.05) is 30.3 Å². The van der Waals surface area contributed by atoms with Crippen LogP contribution in [0.5, 0.6) is 0 Å². The van der Waals surface area contributed by atoms with Gasteiger partial charge in [0, 0.05) is 15.3 Å². The summed E-state index contributed by atoms with van der Waals surface area (Å²) in [4.78, 5) is 3.88. The molecule has 1 aromatic carbocycles. The van der Waals surface area contributed by atoms with Crippen molar-refractivity contribution in [2.75, 3.05) is 26.2 Å². The third kappa shape index (κ3) is 3.66. The van der Waals surface area contributed by atoms with Crippen LogP contribution in [0.2, 0.25) is 0 Å². The third-order valence-corrected chi connectivity index (χ3v) is 7.46. The fourth-order valence-corrected chi connectivity index (χ4v) is 6.07. The van der Waals surface area contributed by atoms with Crippen LogP contribution in [0.15, 0.2) is 41.3 Å². The molecule has 4 nitrogen and oxygen atoms in total. The van der Waals surface area contributed by atoms with Crippen LogP contribution in [0.3, 0.4) is 0 Å². The number of hydrogen-bond acceptors (Lipinski definition) is 3. The Morgan fingerprint density at radius 2 is 1.78 bits per heavy atom. The van der Waals surface area contributed by atoms with Gasteiger partial charge in [-0.2, -0.15) is 4.31 Å². The second-order valence-corrected chi connectivity index (χ2v) is 9.46. The Labute approximate surface area is 142 Å². The first-order valence-electron chi connectivity index (χ1n) is 7.91. The molecule has 0 radical (unpaired) electrons. The van der Waals surface area contributed by atoms with Crippen LogP contribution >= 0.6 is 11.3 Å². The third-order valence-electron chi connectivity index (χ3n) is 4.34. The van der Waals surface area contributed by atoms with Gasteiger partial charge in [-0.15, -0.1) is 11.3 Å². The largest absolute Gasteiger partial charge is 0.329 e. The molecule has 2 aromatic rings. The minimum absolute atomic E-state index is 0.492. The zero-order chi connectivity index (χ0) is 16.4. The molecule has 2 heterocycles. The Morgan fingerprint density at radius 3 is 2.35 bits per heavy atom. The maximum absolute atomic E-state index is 12.8. The average molecular weight is 352 g/mol. The molecule has 1 aromatic heterocycles. The van der Waals surface area contributed by atoms with Crippen LogP contribution < -0.4 is 4.90 Å². The van der Waals surface area contributed by atoms with Crippen molar-refractivity contribution in [2.45, 2.75) is 25.3 Å². The number of thiophene rings is 1. The van der Waals surface area contributed by atoms with Gasteiger partial charge in [0.15, 0.2) is 0 Å². The van der Waals surface area contributed by atoms with E-state index in [9.17, 15) is 8.42 Å². The molecule has 124 valence electrons. The van der Waals surface area contributed by atoms with Crippen LogP contribution in [0.25, 0.3) is 0 Å². The van der Waals surface area contributed by atoms with E-state index in [1.807, 2.05) is 19.9 Å². The summed E-state index contributed by atoms with van der Waals surface area (Å²) in [7, 11) is -3.34. The van der Waals surface area contributed by atoms with Crippen LogP contribution in [0.4, 0.5) is 0 Å². The van der Waals surface area contributed by atoms with E-state index in [0.29, 0.717) is 18.0 Å². The van der Waals surface area contributed by atoms with E-state index in [0.717, 1.165) is 29.4 Å². The number of hydrogen-bond donors (Lipinski definition) is 1. The van der Waals surface area contributed by atoms with Gasteiger partial charge in [0.2, 0.25) is 10.0 Å². The fourth-order valence-electron chi connectivity index (χ4n) is 3.11. The second-order valence-electron chi connectivity index (χ2n) is 6.09. The minimum Gasteiger partial charge on any atom is -0.329 e. The summed E-state index contributed by atoms with van der Waals surface area (Å²) in [6.45, 7) is 7.72. The lowest BCUT2D eigenvalue weighted by Crippen LogP contribution is -3.13. The van der Waals surface area contributed by atoms with Gasteiger partial charge >= 0.3 is 0 Å². The van der Waals surface area contributed by atoms with Gasteiger partial charge in [0.05, 0.1) is 31.1 Å². The van der Waals surface area contributed by atoms with Crippen LogP contribution in [0, 0.1) is 13.8 Å². The van der Waals surface area contributed by atoms with Crippen molar-refractivity contribution in [3.05, 3.63) is 51.7 Å². The van der Waals surface area contributed by atoms with Gasteiger partial charge in [-0.3, -0.25) is 0 Å². The Balaban J connectivity index is 1.65. The van der Waals surface area contributed by atoms with Gasteiger partial charge in [-0.05, 0) is 19.9 Å². The summed E-state index contributed by atoms with van der Waals surface area (Å²) in [5.41, 5.74) is 1.31. The second kappa shape index (κ2) is 6.73. The quantitative estimate of drug-likeness (QED) is 0.906. The molecule has 0 amide bonds. The molecule has 1 N–H and O–H groups in total. The summed E-state index contributed by atoms with van der Waals surface area (Å²) in [5, 5.41) is 0. The predicted molar refractivity (Wildman–Crippen MR) is 93.4 cm³/mol. The number of nitrogens with zero attached hydrogens (tertiary/aromatic N) is 1. The zero-order valence-electron chi connectivity index (χ0n) is 13.6. The highest BCUT2D eigenvalue weighted by Gasteiger charge is 2.32. The summed E-state index contributed by atoms with van der Waals surface area (Å²) in [6, 6.07) is 12.2. The Hall–Kier alpha value is -1.21. The molecule has 0 aliphatic carbocycles. The molecule has 0 unspecified atom stereocenters. The smallest absolute Gasteiger partial charge is 0.244 e. The zero-order valence-corrected chi connectivity index (χ0v) is 15.2. The highest BCUT2D eigenvalue weighted by molar-refractivity contribution is 7.89. The van der Waals surface area contributed by atoms with E-state index < -0.39 is 10.0 Å². The van der Waals surface area contributed by atoms with Gasteiger partial charge < -0.3 is 4.90 Å². The SMILES string of the molecule is Cc1cc(S(=O)(=O)N2CC[NH+](Cc3ccccc3)CC2)c(C)s1. The number of rotatable bonds is 4. The highest BCUT2D eigenvalue weighted by Crippen LogP contribution is 2.27. The monoisotopic (exact) mass is 351 g/mol. The average Bonchev–Trinajstić information content (AvgIpc) is 2.88. The number of quaternary nitrogens is 1. The van der Waals surface area contributed by atoms with Gasteiger partial charge in [0.25, 0.3) is 0 Å². The molecule has 1 saturated heterocycles.